The summed E-state index contributed by atoms with van der Waals surface area (Å²) in [6.07, 6.45) is -4.60. The average molecular weight is 364 g/mol. The van der Waals surface area contributed by atoms with E-state index >= 15 is 0 Å². The molecule has 0 aliphatic carbocycles. The molecule has 0 fully saturated rings. The Hall–Kier alpha value is -2.83. The normalized spacial score (nSPS) is 11.1. The number of aryl methyl sites for hydroxylation is 2. The molecule has 2 N–H and O–H groups in total. The first-order valence-electron chi connectivity index (χ1n) is 7.95. The van der Waals surface area contributed by atoms with E-state index in [2.05, 4.69) is 5.32 Å². The molecular weight excluding hydrogens is 345 g/mol. The van der Waals surface area contributed by atoms with Gasteiger partial charge in [-0.15, -0.1) is 0 Å². The maximum atomic E-state index is 12.2. The number of hydrogen-bond acceptors (Lipinski definition) is 2. The van der Waals surface area contributed by atoms with Crippen molar-refractivity contribution in [2.75, 3.05) is 11.9 Å². The number of halogens is 3. The lowest BCUT2D eigenvalue weighted by molar-refractivity contribution is -0.138. The number of carbonyl (C=O) groups is 2. The molecule has 0 aliphatic rings. The van der Waals surface area contributed by atoms with Crippen LogP contribution in [0.15, 0.2) is 42.5 Å². The van der Waals surface area contributed by atoms with Gasteiger partial charge in [0.25, 0.3) is 5.91 Å². The zero-order chi connectivity index (χ0) is 19.3. The number of alkyl halides is 3. The van der Waals surface area contributed by atoms with Gasteiger partial charge in [-0.05, 0) is 54.8 Å². The second kappa shape index (κ2) is 8.03. The minimum atomic E-state index is -4.43. The van der Waals surface area contributed by atoms with Gasteiger partial charge in [-0.2, -0.15) is 13.2 Å². The van der Waals surface area contributed by atoms with Crippen molar-refractivity contribution >= 4 is 17.5 Å². The summed E-state index contributed by atoms with van der Waals surface area (Å²) < 4.78 is 36.2. The van der Waals surface area contributed by atoms with Gasteiger partial charge < -0.3 is 10.6 Å². The Kier molecular flexibility index (Phi) is 6.02. The zero-order valence-electron chi connectivity index (χ0n) is 14.4. The quantitative estimate of drug-likeness (QED) is 0.848. The van der Waals surface area contributed by atoms with Crippen molar-refractivity contribution in [3.8, 4) is 0 Å². The topological polar surface area (TPSA) is 58.2 Å². The third kappa shape index (κ3) is 5.91. The predicted molar refractivity (Wildman–Crippen MR) is 93.1 cm³/mol. The van der Waals surface area contributed by atoms with Gasteiger partial charge in [0.05, 0.1) is 6.42 Å². The Balaban J connectivity index is 1.93. The minimum absolute atomic E-state index is 0.165. The lowest BCUT2D eigenvalue weighted by atomic mass is 10.1. The van der Waals surface area contributed by atoms with Crippen molar-refractivity contribution in [3.05, 3.63) is 64.7 Å². The van der Waals surface area contributed by atoms with E-state index in [0.29, 0.717) is 16.8 Å². The van der Waals surface area contributed by atoms with E-state index in [0.717, 1.165) is 11.1 Å². The fourth-order valence-electron chi connectivity index (χ4n) is 2.24. The highest BCUT2D eigenvalue weighted by Crippen LogP contribution is 2.15. The Morgan fingerprint density at radius 1 is 0.962 bits per heavy atom. The van der Waals surface area contributed by atoms with Crippen molar-refractivity contribution in [1.29, 1.82) is 0 Å². The molecule has 0 aliphatic heterocycles. The summed E-state index contributed by atoms with van der Waals surface area (Å²) in [7, 11) is 0. The van der Waals surface area contributed by atoms with Crippen LogP contribution in [0, 0.1) is 13.8 Å². The second-order valence-corrected chi connectivity index (χ2v) is 6.02. The van der Waals surface area contributed by atoms with E-state index < -0.39 is 18.6 Å². The molecule has 0 saturated carbocycles. The fourth-order valence-corrected chi connectivity index (χ4v) is 2.24. The van der Waals surface area contributed by atoms with Gasteiger partial charge in [-0.1, -0.05) is 18.2 Å². The molecular formula is C19H19F3N2O2. The molecule has 2 amide bonds. The molecule has 0 unspecified atom stereocenters. The molecule has 0 atom stereocenters. The molecule has 0 radical (unpaired) electrons. The molecule has 26 heavy (non-hydrogen) atoms. The molecule has 0 saturated heterocycles. The highest BCUT2D eigenvalue weighted by Gasteiger charge is 2.27. The van der Waals surface area contributed by atoms with Gasteiger partial charge in [0, 0.05) is 11.3 Å². The molecule has 2 aromatic carbocycles. The molecule has 7 heteroatoms. The number of carbonyl (C=O) groups excluding carboxylic acids is 2. The van der Waals surface area contributed by atoms with E-state index in [9.17, 15) is 22.8 Å². The van der Waals surface area contributed by atoms with Gasteiger partial charge in [0.15, 0.2) is 0 Å². The molecule has 2 rings (SSSR count). The number of hydrogen-bond donors (Lipinski definition) is 2. The summed E-state index contributed by atoms with van der Waals surface area (Å²) in [5.74, 6) is -0.974. The number of benzene rings is 2. The summed E-state index contributed by atoms with van der Waals surface area (Å²) in [4.78, 5) is 23.7. The summed E-state index contributed by atoms with van der Waals surface area (Å²) in [5.41, 5.74) is 3.72. The van der Waals surface area contributed by atoms with E-state index in [4.69, 9.17) is 0 Å². The van der Waals surface area contributed by atoms with Gasteiger partial charge in [-0.3, -0.25) is 9.59 Å². The predicted octanol–water partition coefficient (Wildman–Crippen LogP) is 3.78. The first-order valence-corrected chi connectivity index (χ1v) is 7.95. The highest BCUT2D eigenvalue weighted by molar-refractivity contribution is 6.04. The summed E-state index contributed by atoms with van der Waals surface area (Å²) in [6, 6.07) is 11.8. The minimum Gasteiger partial charge on any atom is -0.347 e. The van der Waals surface area contributed by atoms with E-state index in [-0.39, 0.29) is 12.3 Å². The van der Waals surface area contributed by atoms with Crippen molar-refractivity contribution in [1.82, 2.24) is 5.32 Å². The first kappa shape index (κ1) is 19.5. The zero-order valence-corrected chi connectivity index (χ0v) is 14.4. The largest absolute Gasteiger partial charge is 0.405 e. The lowest BCUT2D eigenvalue weighted by Gasteiger charge is -2.09. The van der Waals surface area contributed by atoms with Crippen molar-refractivity contribution < 1.29 is 22.8 Å². The Morgan fingerprint density at radius 2 is 1.62 bits per heavy atom. The van der Waals surface area contributed by atoms with E-state index in [1.165, 1.54) is 0 Å². The van der Waals surface area contributed by atoms with Crippen LogP contribution >= 0.6 is 0 Å². The standard InChI is InChI=1S/C19H19F3N2O2/c1-12-3-6-15(9-13(12)2)18(26)24-16-7-4-14(5-8-16)10-17(25)23-11-19(20,21)22/h3-9H,10-11H2,1-2H3,(H,23,25)(H,24,26). The molecule has 138 valence electrons. The van der Waals surface area contributed by atoms with Gasteiger partial charge in [-0.25, -0.2) is 0 Å². The first-order chi connectivity index (χ1) is 12.1. The van der Waals surface area contributed by atoms with Crippen LogP contribution < -0.4 is 10.6 Å². The van der Waals surface area contributed by atoms with Crippen LogP contribution in [-0.4, -0.2) is 24.5 Å². The average Bonchev–Trinajstić information content (AvgIpc) is 2.56. The second-order valence-electron chi connectivity index (χ2n) is 6.02. The van der Waals surface area contributed by atoms with Crippen LogP contribution in [0.3, 0.4) is 0 Å². The molecule has 2 aromatic rings. The Morgan fingerprint density at radius 3 is 2.19 bits per heavy atom. The third-order valence-electron chi connectivity index (χ3n) is 3.83. The van der Waals surface area contributed by atoms with Crippen molar-refractivity contribution in [3.63, 3.8) is 0 Å². The van der Waals surface area contributed by atoms with E-state index in [1.54, 1.807) is 36.4 Å². The number of amides is 2. The van der Waals surface area contributed by atoms with Crippen molar-refractivity contribution in [2.24, 2.45) is 0 Å². The van der Waals surface area contributed by atoms with Gasteiger partial charge in [0.1, 0.15) is 6.54 Å². The summed E-state index contributed by atoms with van der Waals surface area (Å²) in [6.45, 7) is 2.53. The molecule has 0 aromatic heterocycles. The van der Waals surface area contributed by atoms with Crippen molar-refractivity contribution in [2.45, 2.75) is 26.4 Å². The maximum Gasteiger partial charge on any atom is 0.405 e. The van der Waals surface area contributed by atoms with Crippen LogP contribution in [0.25, 0.3) is 0 Å². The summed E-state index contributed by atoms with van der Waals surface area (Å²) >= 11 is 0. The Bertz CT molecular complexity index is 799. The van der Waals surface area contributed by atoms with Crippen LogP contribution in [0.2, 0.25) is 0 Å². The van der Waals surface area contributed by atoms with E-state index in [1.807, 2.05) is 25.2 Å². The maximum absolute atomic E-state index is 12.2. The molecule has 0 heterocycles. The number of rotatable bonds is 5. The van der Waals surface area contributed by atoms with Gasteiger partial charge in [0.2, 0.25) is 5.91 Å². The molecule has 4 nitrogen and oxygen atoms in total. The highest BCUT2D eigenvalue weighted by atomic mass is 19.4. The number of anilines is 1. The van der Waals surface area contributed by atoms with Crippen LogP contribution in [0.4, 0.5) is 18.9 Å². The van der Waals surface area contributed by atoms with Crippen LogP contribution in [-0.2, 0) is 11.2 Å². The molecule has 0 spiro atoms. The fraction of sp³-hybridized carbons (Fsp3) is 0.263. The third-order valence-corrected chi connectivity index (χ3v) is 3.83. The van der Waals surface area contributed by atoms with Gasteiger partial charge >= 0.3 is 6.18 Å². The van der Waals surface area contributed by atoms with Crippen LogP contribution in [0.1, 0.15) is 27.0 Å². The molecule has 0 bridgehead atoms. The smallest absolute Gasteiger partial charge is 0.347 e. The number of nitrogens with one attached hydrogen (secondary N) is 2. The van der Waals surface area contributed by atoms with Crippen LogP contribution in [0.5, 0.6) is 0 Å². The SMILES string of the molecule is Cc1ccc(C(=O)Nc2ccc(CC(=O)NCC(F)(F)F)cc2)cc1C. The summed E-state index contributed by atoms with van der Waals surface area (Å²) in [5, 5.41) is 4.56. The monoisotopic (exact) mass is 364 g/mol. The lowest BCUT2D eigenvalue weighted by Crippen LogP contribution is -2.34. The Labute approximate surface area is 149 Å².